The molecule has 1 N–H and O–H groups in total. The fourth-order valence-electron chi connectivity index (χ4n) is 2.21. The first-order valence-electron chi connectivity index (χ1n) is 6.84. The summed E-state index contributed by atoms with van der Waals surface area (Å²) in [5.41, 5.74) is -0.385. The van der Waals surface area contributed by atoms with Gasteiger partial charge in [-0.3, -0.25) is 0 Å². The number of rotatable bonds is 4. The van der Waals surface area contributed by atoms with E-state index in [0.717, 1.165) is 25.0 Å². The summed E-state index contributed by atoms with van der Waals surface area (Å²) in [6.07, 6.45) is 1.77. The van der Waals surface area contributed by atoms with Crippen LogP contribution in [0, 0.1) is 17.5 Å². The van der Waals surface area contributed by atoms with Crippen molar-refractivity contribution in [3.8, 4) is 0 Å². The number of amides is 2. The van der Waals surface area contributed by atoms with Gasteiger partial charge in [-0.25, -0.2) is 18.0 Å². The Hall–Kier alpha value is -1.76. The maximum atomic E-state index is 13.5. The Labute approximate surface area is 120 Å². The lowest BCUT2D eigenvalue weighted by atomic mass is 10.2. The van der Waals surface area contributed by atoms with E-state index in [1.54, 1.807) is 6.92 Å². The zero-order valence-electron chi connectivity index (χ0n) is 11.7. The van der Waals surface area contributed by atoms with E-state index in [2.05, 4.69) is 5.32 Å². The summed E-state index contributed by atoms with van der Waals surface area (Å²) in [4.78, 5) is 13.5. The number of likely N-dealkylation sites (N-methyl/N-ethyl adjacent to an activating group) is 1. The zero-order chi connectivity index (χ0) is 15.4. The van der Waals surface area contributed by atoms with E-state index in [1.807, 2.05) is 0 Å². The first kappa shape index (κ1) is 15.6. The molecule has 0 saturated carbocycles. The molecule has 7 heteroatoms. The van der Waals surface area contributed by atoms with Crippen LogP contribution in [0.4, 0.5) is 23.7 Å². The predicted octanol–water partition coefficient (Wildman–Crippen LogP) is 3.14. The maximum absolute atomic E-state index is 13.5. The highest BCUT2D eigenvalue weighted by Crippen LogP contribution is 2.20. The van der Waals surface area contributed by atoms with Crippen LogP contribution in [0.5, 0.6) is 0 Å². The molecule has 0 aliphatic carbocycles. The molecule has 21 heavy (non-hydrogen) atoms. The normalized spacial score (nSPS) is 17.8. The summed E-state index contributed by atoms with van der Waals surface area (Å²) in [6.45, 7) is 3.22. The summed E-state index contributed by atoms with van der Waals surface area (Å²) < 4.78 is 44.9. The lowest BCUT2D eigenvalue weighted by Gasteiger charge is -2.24. The van der Waals surface area contributed by atoms with Crippen molar-refractivity contribution in [3.63, 3.8) is 0 Å². The van der Waals surface area contributed by atoms with Crippen molar-refractivity contribution in [3.05, 3.63) is 29.6 Å². The Morgan fingerprint density at radius 1 is 1.38 bits per heavy atom. The third-order valence-corrected chi connectivity index (χ3v) is 3.39. The van der Waals surface area contributed by atoms with Crippen LogP contribution in [-0.4, -0.2) is 36.7 Å². The Morgan fingerprint density at radius 3 is 2.76 bits per heavy atom. The van der Waals surface area contributed by atoms with Crippen LogP contribution >= 0.6 is 0 Å². The fraction of sp³-hybridized carbons (Fsp3) is 0.500. The third-order valence-electron chi connectivity index (χ3n) is 3.39. The molecule has 1 aliphatic rings. The van der Waals surface area contributed by atoms with E-state index in [9.17, 15) is 18.0 Å². The number of urea groups is 1. The second-order valence-corrected chi connectivity index (χ2v) is 4.83. The third kappa shape index (κ3) is 3.66. The van der Waals surface area contributed by atoms with E-state index >= 15 is 0 Å². The van der Waals surface area contributed by atoms with Crippen molar-refractivity contribution in [1.29, 1.82) is 0 Å². The molecule has 1 fully saturated rings. The van der Waals surface area contributed by atoms with Crippen molar-refractivity contribution >= 4 is 11.7 Å². The number of anilines is 1. The SMILES string of the molecule is CCN(C[C@H]1CCCO1)C(=O)Nc1ccc(F)c(F)c1F. The maximum Gasteiger partial charge on any atom is 0.322 e. The van der Waals surface area contributed by atoms with E-state index in [0.29, 0.717) is 19.7 Å². The number of hydrogen-bond acceptors (Lipinski definition) is 2. The number of hydrogen-bond donors (Lipinski definition) is 1. The number of ether oxygens (including phenoxy) is 1. The average molecular weight is 302 g/mol. The Morgan fingerprint density at radius 2 is 2.14 bits per heavy atom. The number of nitrogens with one attached hydrogen (secondary N) is 1. The van der Waals surface area contributed by atoms with Crippen molar-refractivity contribution in [2.24, 2.45) is 0 Å². The molecule has 1 aromatic rings. The van der Waals surface area contributed by atoms with Crippen LogP contribution in [0.2, 0.25) is 0 Å². The minimum absolute atomic E-state index is 0.0366. The Balaban J connectivity index is 2.03. The fourth-order valence-corrected chi connectivity index (χ4v) is 2.21. The van der Waals surface area contributed by atoms with Crippen LogP contribution in [-0.2, 0) is 4.74 Å². The molecule has 0 spiro atoms. The minimum atomic E-state index is -1.60. The second kappa shape index (κ2) is 6.80. The molecule has 2 rings (SSSR count). The van der Waals surface area contributed by atoms with Crippen molar-refractivity contribution in [2.45, 2.75) is 25.9 Å². The van der Waals surface area contributed by atoms with Gasteiger partial charge in [-0.05, 0) is 31.9 Å². The Kier molecular flexibility index (Phi) is 5.06. The van der Waals surface area contributed by atoms with Gasteiger partial charge in [-0.2, -0.15) is 0 Å². The van der Waals surface area contributed by atoms with E-state index in [4.69, 9.17) is 4.74 Å². The highest BCUT2D eigenvalue weighted by molar-refractivity contribution is 5.89. The molecule has 0 aromatic heterocycles. The van der Waals surface area contributed by atoms with Gasteiger partial charge in [0.05, 0.1) is 11.8 Å². The highest BCUT2D eigenvalue weighted by Gasteiger charge is 2.23. The zero-order valence-corrected chi connectivity index (χ0v) is 11.7. The standard InChI is InChI=1S/C14H17F3N2O2/c1-2-19(8-9-4-3-7-21-9)14(20)18-11-6-5-10(15)12(16)13(11)17/h5-6,9H,2-4,7-8H2,1H3,(H,18,20)/t9-/m1/s1. The molecule has 1 heterocycles. The van der Waals surface area contributed by atoms with Crippen LogP contribution in [0.3, 0.4) is 0 Å². The molecule has 1 aliphatic heterocycles. The van der Waals surface area contributed by atoms with E-state index in [1.165, 1.54) is 4.90 Å². The molecule has 116 valence electrons. The summed E-state index contributed by atoms with van der Waals surface area (Å²) in [5.74, 6) is -4.30. The van der Waals surface area contributed by atoms with Gasteiger partial charge in [0.1, 0.15) is 0 Å². The van der Waals surface area contributed by atoms with Gasteiger partial charge in [0, 0.05) is 19.7 Å². The molecule has 2 amide bonds. The molecule has 1 aromatic carbocycles. The van der Waals surface area contributed by atoms with Gasteiger partial charge in [0.15, 0.2) is 17.5 Å². The van der Waals surface area contributed by atoms with Gasteiger partial charge in [0.2, 0.25) is 0 Å². The highest BCUT2D eigenvalue weighted by atomic mass is 19.2. The lowest BCUT2D eigenvalue weighted by molar-refractivity contribution is 0.0849. The number of carbonyl (C=O) groups excluding carboxylic acids is 1. The number of benzene rings is 1. The first-order valence-corrected chi connectivity index (χ1v) is 6.84. The van der Waals surface area contributed by atoms with E-state index in [-0.39, 0.29) is 11.8 Å². The van der Waals surface area contributed by atoms with Crippen molar-refractivity contribution in [2.75, 3.05) is 25.0 Å². The minimum Gasteiger partial charge on any atom is -0.376 e. The molecule has 0 bridgehead atoms. The summed E-state index contributed by atoms with van der Waals surface area (Å²) in [6, 6.07) is 1.19. The van der Waals surface area contributed by atoms with Crippen LogP contribution in [0.1, 0.15) is 19.8 Å². The monoisotopic (exact) mass is 302 g/mol. The summed E-state index contributed by atoms with van der Waals surface area (Å²) in [7, 11) is 0. The van der Waals surface area contributed by atoms with Crippen LogP contribution in [0.25, 0.3) is 0 Å². The van der Waals surface area contributed by atoms with Gasteiger partial charge >= 0.3 is 6.03 Å². The number of halogens is 3. The molecule has 0 radical (unpaired) electrons. The van der Waals surface area contributed by atoms with Crippen molar-refractivity contribution < 1.29 is 22.7 Å². The number of carbonyl (C=O) groups is 1. The topological polar surface area (TPSA) is 41.6 Å². The molecule has 1 saturated heterocycles. The van der Waals surface area contributed by atoms with Crippen molar-refractivity contribution in [1.82, 2.24) is 4.90 Å². The lowest BCUT2D eigenvalue weighted by Crippen LogP contribution is -2.40. The molecular formula is C14H17F3N2O2. The quantitative estimate of drug-likeness (QED) is 0.868. The van der Waals surface area contributed by atoms with E-state index < -0.39 is 23.5 Å². The molecular weight excluding hydrogens is 285 g/mol. The largest absolute Gasteiger partial charge is 0.376 e. The molecule has 4 nitrogen and oxygen atoms in total. The predicted molar refractivity (Wildman–Crippen MR) is 71.6 cm³/mol. The van der Waals surface area contributed by atoms with Crippen LogP contribution in [0.15, 0.2) is 12.1 Å². The number of nitrogens with zero attached hydrogens (tertiary/aromatic N) is 1. The van der Waals surface area contributed by atoms with Gasteiger partial charge < -0.3 is 15.0 Å². The van der Waals surface area contributed by atoms with Gasteiger partial charge in [-0.15, -0.1) is 0 Å². The van der Waals surface area contributed by atoms with Gasteiger partial charge in [0.25, 0.3) is 0 Å². The Bertz CT molecular complexity index is 519. The first-order chi connectivity index (χ1) is 10.0. The molecule has 0 unspecified atom stereocenters. The molecule has 1 atom stereocenters. The van der Waals surface area contributed by atoms with Gasteiger partial charge in [-0.1, -0.05) is 0 Å². The summed E-state index contributed by atoms with van der Waals surface area (Å²) >= 11 is 0. The van der Waals surface area contributed by atoms with Crippen LogP contribution < -0.4 is 5.32 Å². The summed E-state index contributed by atoms with van der Waals surface area (Å²) in [5, 5.41) is 2.25. The smallest absolute Gasteiger partial charge is 0.322 e. The average Bonchev–Trinajstić information content (AvgIpc) is 2.98. The second-order valence-electron chi connectivity index (χ2n) is 4.83.